The second-order valence-electron chi connectivity index (χ2n) is 7.94. The van der Waals surface area contributed by atoms with Gasteiger partial charge in [0.05, 0.1) is 16.3 Å². The molecule has 0 amide bonds. The number of aromatic nitrogens is 3. The summed E-state index contributed by atoms with van der Waals surface area (Å²) in [5.41, 5.74) is 2.21. The fourth-order valence-electron chi connectivity index (χ4n) is 4.05. The van der Waals surface area contributed by atoms with Crippen molar-refractivity contribution in [3.8, 4) is 10.7 Å². The zero-order chi connectivity index (χ0) is 20.7. The number of rotatable bonds is 7. The molecular formula is C21H24N4O3S2. The van der Waals surface area contributed by atoms with E-state index in [0.717, 1.165) is 49.0 Å². The topological polar surface area (TPSA) is 86.0 Å². The third kappa shape index (κ3) is 3.77. The Morgan fingerprint density at radius 1 is 1.13 bits per heavy atom. The molecule has 1 saturated carbocycles. The van der Waals surface area contributed by atoms with Crippen molar-refractivity contribution in [2.45, 2.75) is 56.0 Å². The van der Waals surface area contributed by atoms with Crippen LogP contribution in [0.25, 0.3) is 10.7 Å². The van der Waals surface area contributed by atoms with Crippen LogP contribution in [-0.4, -0.2) is 29.3 Å². The highest BCUT2D eigenvalue weighted by Crippen LogP contribution is 2.37. The molecule has 2 aromatic heterocycles. The molecule has 30 heavy (non-hydrogen) atoms. The Bertz CT molecular complexity index is 1220. The molecule has 1 aromatic carbocycles. The van der Waals surface area contributed by atoms with Crippen LogP contribution < -0.4 is 10.4 Å². The zero-order valence-corrected chi connectivity index (χ0v) is 18.2. The average Bonchev–Trinajstić information content (AvgIpc) is 3.32. The molecule has 7 nitrogen and oxygen atoms in total. The van der Waals surface area contributed by atoms with E-state index in [1.807, 2.05) is 23.6 Å². The third-order valence-corrected chi connectivity index (χ3v) is 8.09. The Labute approximate surface area is 179 Å². The molecule has 0 saturated heterocycles. The third-order valence-electron chi connectivity index (χ3n) is 5.77. The van der Waals surface area contributed by atoms with Crippen molar-refractivity contribution in [3.05, 3.63) is 57.3 Å². The van der Waals surface area contributed by atoms with Crippen molar-refractivity contribution in [1.29, 1.82) is 0 Å². The van der Waals surface area contributed by atoms with Gasteiger partial charge in [0.15, 0.2) is 5.82 Å². The van der Waals surface area contributed by atoms with Crippen LogP contribution in [0, 0.1) is 0 Å². The van der Waals surface area contributed by atoms with E-state index < -0.39 is 10.0 Å². The number of thiophene rings is 1. The molecule has 1 fully saturated rings. The summed E-state index contributed by atoms with van der Waals surface area (Å²) in [5, 5.41) is 6.47. The summed E-state index contributed by atoms with van der Waals surface area (Å²) in [6.45, 7) is 0.311. The minimum absolute atomic E-state index is 0.116. The molecule has 2 heterocycles. The predicted molar refractivity (Wildman–Crippen MR) is 116 cm³/mol. The number of sulfonamides is 1. The maximum atomic E-state index is 12.8. The van der Waals surface area contributed by atoms with Gasteiger partial charge in [-0.1, -0.05) is 12.1 Å². The molecule has 158 valence electrons. The average molecular weight is 445 g/mol. The monoisotopic (exact) mass is 444 g/mol. The van der Waals surface area contributed by atoms with Gasteiger partial charge in [-0.05, 0) is 73.2 Å². The molecular weight excluding hydrogens is 420 g/mol. The van der Waals surface area contributed by atoms with Crippen LogP contribution in [0.1, 0.15) is 42.9 Å². The minimum atomic E-state index is -3.63. The van der Waals surface area contributed by atoms with E-state index in [0.29, 0.717) is 10.7 Å². The predicted octanol–water partition coefficient (Wildman–Crippen LogP) is 2.97. The summed E-state index contributed by atoms with van der Waals surface area (Å²) < 4.78 is 31.3. The van der Waals surface area contributed by atoms with Crippen LogP contribution in [0.5, 0.6) is 0 Å². The first-order chi connectivity index (χ1) is 14.5. The van der Waals surface area contributed by atoms with Crippen LogP contribution in [0.15, 0.2) is 45.4 Å². The fraction of sp³-hybridized carbons (Fsp3) is 0.429. The lowest BCUT2D eigenvalue weighted by atomic mass is 9.92. The summed E-state index contributed by atoms with van der Waals surface area (Å²) in [7, 11) is -3.63. The van der Waals surface area contributed by atoms with E-state index in [2.05, 4.69) is 9.82 Å². The van der Waals surface area contributed by atoms with Crippen LogP contribution in [0.2, 0.25) is 0 Å². The van der Waals surface area contributed by atoms with E-state index in [1.165, 1.54) is 10.2 Å². The van der Waals surface area contributed by atoms with Gasteiger partial charge in [-0.2, -0.15) is 0 Å². The van der Waals surface area contributed by atoms with Crippen molar-refractivity contribution in [2.75, 3.05) is 6.54 Å². The lowest BCUT2D eigenvalue weighted by molar-refractivity contribution is 0.546. The van der Waals surface area contributed by atoms with Crippen molar-refractivity contribution >= 4 is 21.4 Å². The van der Waals surface area contributed by atoms with E-state index in [-0.39, 0.29) is 24.8 Å². The van der Waals surface area contributed by atoms with Gasteiger partial charge >= 0.3 is 5.69 Å². The maximum absolute atomic E-state index is 12.8. The number of aryl methyl sites for hydroxylation is 2. The first kappa shape index (κ1) is 19.7. The second kappa shape index (κ2) is 7.79. The van der Waals surface area contributed by atoms with Gasteiger partial charge in [0.2, 0.25) is 10.0 Å². The van der Waals surface area contributed by atoms with Crippen LogP contribution >= 0.6 is 11.3 Å². The second-order valence-corrected chi connectivity index (χ2v) is 10.7. The molecule has 0 aliphatic heterocycles. The normalized spacial score (nSPS) is 16.5. The quantitative estimate of drug-likeness (QED) is 0.607. The Hall–Kier alpha value is -2.23. The first-order valence-corrected chi connectivity index (χ1v) is 12.7. The van der Waals surface area contributed by atoms with Crippen LogP contribution in [0.3, 0.4) is 0 Å². The molecule has 0 bridgehead atoms. The van der Waals surface area contributed by atoms with Gasteiger partial charge < -0.3 is 0 Å². The van der Waals surface area contributed by atoms with Gasteiger partial charge in [-0.15, -0.1) is 16.4 Å². The molecule has 2 aliphatic carbocycles. The molecule has 1 N–H and O–H groups in total. The highest BCUT2D eigenvalue weighted by Gasteiger charge is 2.30. The number of hydrogen-bond donors (Lipinski definition) is 1. The molecule has 3 aromatic rings. The molecule has 9 heteroatoms. The van der Waals surface area contributed by atoms with Crippen molar-refractivity contribution in [2.24, 2.45) is 0 Å². The first-order valence-electron chi connectivity index (χ1n) is 10.4. The van der Waals surface area contributed by atoms with E-state index >= 15 is 0 Å². The van der Waals surface area contributed by atoms with E-state index in [1.54, 1.807) is 28.0 Å². The SMILES string of the molecule is O=c1n(CCNS(=O)(=O)c2ccc3c(c2)CCCC3)nc(-c2cccs2)n1C1CC1. The molecule has 0 spiro atoms. The Morgan fingerprint density at radius 2 is 1.93 bits per heavy atom. The van der Waals surface area contributed by atoms with Crippen LogP contribution in [0.4, 0.5) is 0 Å². The number of nitrogens with one attached hydrogen (secondary N) is 1. The Balaban J connectivity index is 1.32. The van der Waals surface area contributed by atoms with E-state index in [4.69, 9.17) is 0 Å². The highest BCUT2D eigenvalue weighted by molar-refractivity contribution is 7.89. The Kier molecular flexibility index (Phi) is 5.12. The molecule has 2 aliphatic rings. The van der Waals surface area contributed by atoms with Crippen molar-refractivity contribution in [3.63, 3.8) is 0 Å². The van der Waals surface area contributed by atoms with Gasteiger partial charge in [0.25, 0.3) is 0 Å². The van der Waals surface area contributed by atoms with Gasteiger partial charge in [0.1, 0.15) is 0 Å². The standard InChI is InChI=1S/C21H24N4O3S2/c26-21-24(23-20(19-6-3-13-29-19)25(21)17-8-9-17)12-11-22-30(27,28)18-10-7-15-4-1-2-5-16(15)14-18/h3,6-7,10,13-14,17,22H,1-2,4-5,8-9,11-12H2. The lowest BCUT2D eigenvalue weighted by Crippen LogP contribution is -2.32. The molecule has 5 rings (SSSR count). The van der Waals surface area contributed by atoms with Crippen molar-refractivity contribution in [1.82, 2.24) is 19.1 Å². The zero-order valence-electron chi connectivity index (χ0n) is 16.6. The Morgan fingerprint density at radius 3 is 2.67 bits per heavy atom. The fourth-order valence-corrected chi connectivity index (χ4v) is 5.82. The molecule has 0 atom stereocenters. The summed E-state index contributed by atoms with van der Waals surface area (Å²) in [4.78, 5) is 14.1. The molecule has 0 radical (unpaired) electrons. The molecule has 0 unspecified atom stereocenters. The highest BCUT2D eigenvalue weighted by atomic mass is 32.2. The maximum Gasteiger partial charge on any atom is 0.346 e. The van der Waals surface area contributed by atoms with Gasteiger partial charge in [-0.25, -0.2) is 22.6 Å². The lowest BCUT2D eigenvalue weighted by Gasteiger charge is -2.16. The van der Waals surface area contributed by atoms with Gasteiger partial charge in [-0.3, -0.25) is 4.57 Å². The summed E-state index contributed by atoms with van der Waals surface area (Å²) in [5.74, 6) is 0.676. The summed E-state index contributed by atoms with van der Waals surface area (Å²) >= 11 is 1.55. The van der Waals surface area contributed by atoms with Gasteiger partial charge in [0, 0.05) is 12.6 Å². The summed E-state index contributed by atoms with van der Waals surface area (Å²) in [6.07, 6.45) is 6.17. The number of nitrogens with zero attached hydrogens (tertiary/aromatic N) is 3. The smallest absolute Gasteiger partial charge is 0.271 e. The minimum Gasteiger partial charge on any atom is -0.271 e. The number of fused-ring (bicyclic) bond motifs is 1. The van der Waals surface area contributed by atoms with E-state index in [9.17, 15) is 13.2 Å². The van der Waals surface area contributed by atoms with Crippen molar-refractivity contribution < 1.29 is 8.42 Å². The largest absolute Gasteiger partial charge is 0.346 e. The summed E-state index contributed by atoms with van der Waals surface area (Å²) in [6, 6.07) is 9.49. The van der Waals surface area contributed by atoms with Crippen LogP contribution in [-0.2, 0) is 29.4 Å². The number of hydrogen-bond acceptors (Lipinski definition) is 5. The number of benzene rings is 1.